The van der Waals surface area contributed by atoms with E-state index in [0.29, 0.717) is 12.2 Å². The first-order valence-corrected chi connectivity index (χ1v) is 7.25. The molecule has 2 N–H and O–H groups in total. The van der Waals surface area contributed by atoms with E-state index in [1.165, 1.54) is 10.8 Å². The zero-order valence-electron chi connectivity index (χ0n) is 12.9. The molecule has 9 nitrogen and oxygen atoms in total. The lowest BCUT2D eigenvalue weighted by atomic mass is 10.2. The molecule has 1 unspecified atom stereocenters. The summed E-state index contributed by atoms with van der Waals surface area (Å²) in [6.45, 7) is 3.27. The van der Waals surface area contributed by atoms with Crippen molar-refractivity contribution >= 4 is 0 Å². The fraction of sp³-hybridized carbons (Fsp3) is 0.643. The average molecular weight is 325 g/mol. The Morgan fingerprint density at radius 1 is 1.61 bits per heavy atom. The second-order valence-electron chi connectivity index (χ2n) is 5.12. The second kappa shape index (κ2) is 7.52. The summed E-state index contributed by atoms with van der Waals surface area (Å²) in [4.78, 5) is 25.5. The minimum atomic E-state index is -1.07. The van der Waals surface area contributed by atoms with Gasteiger partial charge in [-0.3, -0.25) is 14.3 Å². The molecule has 0 amide bonds. The first-order chi connectivity index (χ1) is 11.0. The molecule has 1 aromatic rings. The van der Waals surface area contributed by atoms with Crippen molar-refractivity contribution in [2.75, 3.05) is 13.2 Å². The largest absolute Gasteiger partial charge is 0.394 e. The Hall–Kier alpha value is -1.99. The molecule has 0 aromatic carbocycles. The van der Waals surface area contributed by atoms with Gasteiger partial charge in [-0.25, -0.2) is 4.79 Å². The fourth-order valence-electron chi connectivity index (χ4n) is 2.40. The van der Waals surface area contributed by atoms with E-state index in [1.807, 2.05) is 6.07 Å². The predicted molar refractivity (Wildman–Crippen MR) is 77.6 cm³/mol. The lowest BCUT2D eigenvalue weighted by Crippen LogP contribution is -2.33. The molecule has 1 fully saturated rings. The molecule has 2 heterocycles. The summed E-state index contributed by atoms with van der Waals surface area (Å²) in [5.74, 6) is 0. The Kier molecular flexibility index (Phi) is 5.68. The molecule has 0 aliphatic carbocycles. The summed E-state index contributed by atoms with van der Waals surface area (Å²) < 4.78 is 17.5. The predicted octanol–water partition coefficient (Wildman–Crippen LogP) is -0.604. The number of H-pyrrole nitrogens is 1. The van der Waals surface area contributed by atoms with Gasteiger partial charge >= 0.3 is 5.69 Å². The Labute approximate surface area is 132 Å². The third kappa shape index (κ3) is 3.86. The van der Waals surface area contributed by atoms with Crippen LogP contribution in [0.1, 0.15) is 25.1 Å². The van der Waals surface area contributed by atoms with Crippen LogP contribution in [0, 0.1) is 18.3 Å². The topological polar surface area (TPSA) is 127 Å². The van der Waals surface area contributed by atoms with Crippen LogP contribution in [0.2, 0.25) is 0 Å². The number of nitrogens with zero attached hydrogens (tertiary/aromatic N) is 2. The minimum absolute atomic E-state index is 0.238. The van der Waals surface area contributed by atoms with Gasteiger partial charge in [0.15, 0.2) is 0 Å². The molecule has 0 radical (unpaired) electrons. The quantitative estimate of drug-likeness (QED) is 0.668. The van der Waals surface area contributed by atoms with Crippen LogP contribution < -0.4 is 11.2 Å². The van der Waals surface area contributed by atoms with Crippen LogP contribution in [0.5, 0.6) is 0 Å². The monoisotopic (exact) mass is 325 g/mol. The van der Waals surface area contributed by atoms with Crippen molar-refractivity contribution in [3.05, 3.63) is 32.6 Å². The molecule has 9 heteroatoms. The Bertz CT molecular complexity index is 691. The highest BCUT2D eigenvalue weighted by Crippen LogP contribution is 2.30. The van der Waals surface area contributed by atoms with Crippen LogP contribution >= 0.6 is 0 Å². The van der Waals surface area contributed by atoms with Crippen molar-refractivity contribution < 1.29 is 19.3 Å². The third-order valence-corrected chi connectivity index (χ3v) is 3.54. The maximum Gasteiger partial charge on any atom is 0.330 e. The second-order valence-corrected chi connectivity index (χ2v) is 5.12. The van der Waals surface area contributed by atoms with Crippen LogP contribution in [0.25, 0.3) is 0 Å². The lowest BCUT2D eigenvalue weighted by Gasteiger charge is -2.19. The molecule has 23 heavy (non-hydrogen) atoms. The highest BCUT2D eigenvalue weighted by Gasteiger charge is 2.38. The molecule has 0 saturated carbocycles. The van der Waals surface area contributed by atoms with Crippen molar-refractivity contribution in [3.63, 3.8) is 0 Å². The van der Waals surface area contributed by atoms with Gasteiger partial charge in [0.05, 0.1) is 12.7 Å². The molecule has 1 aliphatic rings. The van der Waals surface area contributed by atoms with Crippen molar-refractivity contribution in [1.29, 1.82) is 5.26 Å². The normalized spacial score (nSPS) is 25.2. The van der Waals surface area contributed by atoms with Crippen LogP contribution in [-0.2, 0) is 14.2 Å². The average Bonchev–Trinajstić information content (AvgIpc) is 2.93. The first kappa shape index (κ1) is 17.4. The molecule has 0 bridgehead atoms. The number of aliphatic hydroxyl groups is 1. The summed E-state index contributed by atoms with van der Waals surface area (Å²) in [5, 5.41) is 18.4. The number of aryl methyl sites for hydroxylation is 1. The number of aliphatic hydroxyl groups excluding tert-OH is 1. The van der Waals surface area contributed by atoms with E-state index in [4.69, 9.17) is 19.5 Å². The molecule has 4 atom stereocenters. The van der Waals surface area contributed by atoms with Gasteiger partial charge in [0.25, 0.3) is 5.56 Å². The van der Waals surface area contributed by atoms with E-state index in [1.54, 1.807) is 13.8 Å². The van der Waals surface area contributed by atoms with Crippen LogP contribution in [0.4, 0.5) is 0 Å². The molecular weight excluding hydrogens is 306 g/mol. The minimum Gasteiger partial charge on any atom is -0.394 e. The van der Waals surface area contributed by atoms with E-state index in [9.17, 15) is 14.7 Å². The first-order valence-electron chi connectivity index (χ1n) is 7.25. The van der Waals surface area contributed by atoms with Crippen molar-refractivity contribution in [2.24, 2.45) is 0 Å². The summed E-state index contributed by atoms with van der Waals surface area (Å²) in [6, 6.07) is 1.86. The van der Waals surface area contributed by atoms with E-state index in [0.717, 1.165) is 0 Å². The number of hydrogen-bond donors (Lipinski definition) is 2. The number of nitrogens with one attached hydrogen (secondary N) is 1. The summed E-state index contributed by atoms with van der Waals surface area (Å²) >= 11 is 0. The highest BCUT2D eigenvalue weighted by atomic mass is 16.7. The number of aromatic amines is 1. The smallest absolute Gasteiger partial charge is 0.330 e. The molecular formula is C14H19N3O6. The lowest BCUT2D eigenvalue weighted by molar-refractivity contribution is -0.154. The van der Waals surface area contributed by atoms with Crippen molar-refractivity contribution in [1.82, 2.24) is 9.55 Å². The standard InChI is InChI=1S/C14H19N3O6/c1-3-21-12(5-15)23-9-4-11(22-10(9)7-18)17-6-8(2)13(19)16-14(17)20/h6,9-12,18H,3-4,7H2,1-2H3,(H,16,19,20)/t9-,10+,11+,12?/m0/s1. The maximum atomic E-state index is 11.9. The highest BCUT2D eigenvalue weighted by molar-refractivity contribution is 5.02. The summed E-state index contributed by atoms with van der Waals surface area (Å²) in [5.41, 5.74) is -0.705. The van der Waals surface area contributed by atoms with Crippen molar-refractivity contribution in [3.8, 4) is 6.07 Å². The molecule has 1 aromatic heterocycles. The molecule has 126 valence electrons. The van der Waals surface area contributed by atoms with Gasteiger partial charge in [-0.15, -0.1) is 0 Å². The van der Waals surface area contributed by atoms with Gasteiger partial charge < -0.3 is 19.3 Å². The van der Waals surface area contributed by atoms with Crippen LogP contribution in [0.15, 0.2) is 15.8 Å². The van der Waals surface area contributed by atoms with Gasteiger partial charge in [-0.05, 0) is 13.8 Å². The number of hydrogen-bond acceptors (Lipinski definition) is 7. The number of ether oxygens (including phenoxy) is 3. The molecule has 0 spiro atoms. The summed E-state index contributed by atoms with van der Waals surface area (Å²) in [7, 11) is 0. The van der Waals surface area contributed by atoms with E-state index in [2.05, 4.69) is 4.98 Å². The van der Waals surface area contributed by atoms with Gasteiger partial charge in [-0.2, -0.15) is 5.26 Å². The molecule has 2 rings (SSSR count). The van der Waals surface area contributed by atoms with Gasteiger partial charge in [0.1, 0.15) is 18.4 Å². The van der Waals surface area contributed by atoms with E-state index in [-0.39, 0.29) is 13.0 Å². The Morgan fingerprint density at radius 2 is 2.35 bits per heavy atom. The van der Waals surface area contributed by atoms with Gasteiger partial charge in [-0.1, -0.05) is 0 Å². The zero-order chi connectivity index (χ0) is 17.0. The number of aromatic nitrogens is 2. The maximum absolute atomic E-state index is 11.9. The van der Waals surface area contributed by atoms with Gasteiger partial charge in [0, 0.05) is 24.8 Å². The molecule has 1 saturated heterocycles. The number of nitriles is 1. The van der Waals surface area contributed by atoms with Crippen LogP contribution in [-0.4, -0.2) is 46.4 Å². The Morgan fingerprint density at radius 3 is 2.96 bits per heavy atom. The van der Waals surface area contributed by atoms with Crippen LogP contribution in [0.3, 0.4) is 0 Å². The van der Waals surface area contributed by atoms with Gasteiger partial charge in [0.2, 0.25) is 6.29 Å². The summed E-state index contributed by atoms with van der Waals surface area (Å²) in [6.07, 6.45) is -1.46. The fourth-order valence-corrected chi connectivity index (χ4v) is 2.40. The van der Waals surface area contributed by atoms with E-state index >= 15 is 0 Å². The third-order valence-electron chi connectivity index (χ3n) is 3.54. The SMILES string of the molecule is CCOC(C#N)O[C@H]1C[C@H](n2cc(C)c(=O)[nH]c2=O)O[C@@H]1CO. The number of rotatable bonds is 6. The molecule has 1 aliphatic heterocycles. The van der Waals surface area contributed by atoms with E-state index < -0.39 is 36.0 Å². The Balaban J connectivity index is 2.19. The van der Waals surface area contributed by atoms with Crippen molar-refractivity contribution in [2.45, 2.75) is 45.0 Å². The zero-order valence-corrected chi connectivity index (χ0v) is 12.9.